The molecule has 0 aromatic rings. The first-order chi connectivity index (χ1) is 10.9. The van der Waals surface area contributed by atoms with Gasteiger partial charge in [0.1, 0.15) is 11.8 Å². The molecule has 6 heteroatoms. The topological polar surface area (TPSA) is 61.9 Å². The molecule has 0 aromatic heterocycles. The first-order valence-electron chi connectivity index (χ1n) is 8.78. The number of carbonyl (C=O) groups excluding carboxylic acids is 2. The first-order valence-corrected chi connectivity index (χ1v) is 8.78. The predicted molar refractivity (Wildman–Crippen MR) is 88.8 cm³/mol. The number of hydrogen-bond donors (Lipinski definition) is 1. The monoisotopic (exact) mass is 325 g/mol. The van der Waals surface area contributed by atoms with Gasteiger partial charge in [-0.15, -0.1) is 0 Å². The Kier molecular flexibility index (Phi) is 6.03. The maximum absolute atomic E-state index is 12.6. The zero-order valence-electron chi connectivity index (χ0n) is 14.9. The van der Waals surface area contributed by atoms with E-state index in [1.807, 2.05) is 25.9 Å². The number of carbonyl (C=O) groups is 2. The number of nitrogens with zero attached hydrogens (tertiary/aromatic N) is 2. The second-order valence-electron chi connectivity index (χ2n) is 7.19. The van der Waals surface area contributed by atoms with Crippen LogP contribution in [0.3, 0.4) is 0 Å². The van der Waals surface area contributed by atoms with Crippen molar-refractivity contribution in [2.75, 3.05) is 33.8 Å². The Labute approximate surface area is 139 Å². The quantitative estimate of drug-likeness (QED) is 0.825. The van der Waals surface area contributed by atoms with Crippen LogP contribution in [0.4, 0.5) is 0 Å². The van der Waals surface area contributed by atoms with Gasteiger partial charge in [-0.2, -0.15) is 0 Å². The maximum Gasteiger partial charge on any atom is 0.245 e. The molecule has 0 radical (unpaired) electrons. The molecule has 1 saturated heterocycles. The van der Waals surface area contributed by atoms with Crippen LogP contribution in [-0.2, 0) is 14.3 Å². The molecule has 1 saturated carbocycles. The highest BCUT2D eigenvalue weighted by Crippen LogP contribution is 2.42. The van der Waals surface area contributed by atoms with E-state index < -0.39 is 11.8 Å². The van der Waals surface area contributed by atoms with Crippen molar-refractivity contribution >= 4 is 11.8 Å². The molecular formula is C17H31N3O3. The van der Waals surface area contributed by atoms with E-state index in [1.54, 1.807) is 4.90 Å². The highest BCUT2D eigenvalue weighted by molar-refractivity contribution is 5.88. The van der Waals surface area contributed by atoms with Crippen molar-refractivity contribution in [3.8, 4) is 0 Å². The average Bonchev–Trinajstić information content (AvgIpc) is 2.84. The summed E-state index contributed by atoms with van der Waals surface area (Å²) in [4.78, 5) is 28.9. The summed E-state index contributed by atoms with van der Waals surface area (Å²) in [6.45, 7) is 5.72. The fourth-order valence-corrected chi connectivity index (χ4v) is 3.77. The summed E-state index contributed by atoms with van der Waals surface area (Å²) < 4.78 is 6.08. The lowest BCUT2D eigenvalue weighted by atomic mass is 9.83. The summed E-state index contributed by atoms with van der Waals surface area (Å²) in [5.74, 6) is 0.444. The molecule has 132 valence electrons. The number of nitrogens with one attached hydrogen (secondary N) is 1. The minimum Gasteiger partial charge on any atom is -0.353 e. The summed E-state index contributed by atoms with van der Waals surface area (Å²) in [5.41, 5.74) is -0.561. The van der Waals surface area contributed by atoms with Crippen molar-refractivity contribution < 1.29 is 14.3 Å². The second kappa shape index (κ2) is 7.62. The molecule has 3 atom stereocenters. The summed E-state index contributed by atoms with van der Waals surface area (Å²) in [6.07, 6.45) is 4.29. The molecule has 2 fully saturated rings. The summed E-state index contributed by atoms with van der Waals surface area (Å²) in [5, 5.41) is 2.94. The van der Waals surface area contributed by atoms with Crippen molar-refractivity contribution in [1.29, 1.82) is 0 Å². The molecule has 1 aliphatic heterocycles. The molecule has 0 bridgehead atoms. The molecule has 1 N–H and O–H groups in total. The molecule has 1 heterocycles. The third kappa shape index (κ3) is 4.04. The maximum atomic E-state index is 12.6. The van der Waals surface area contributed by atoms with Gasteiger partial charge in [-0.1, -0.05) is 20.3 Å². The number of ether oxygens (including phenoxy) is 1. The van der Waals surface area contributed by atoms with Crippen LogP contribution in [0.1, 0.15) is 46.0 Å². The normalized spacial score (nSPS) is 30.9. The highest BCUT2D eigenvalue weighted by Gasteiger charge is 2.53. The molecule has 0 unspecified atom stereocenters. The smallest absolute Gasteiger partial charge is 0.245 e. The minimum absolute atomic E-state index is 0.0179. The Hall–Kier alpha value is -1.14. The Morgan fingerprint density at radius 2 is 2.13 bits per heavy atom. The first kappa shape index (κ1) is 18.2. The molecule has 1 aliphatic carbocycles. The minimum atomic E-state index is -0.561. The third-order valence-electron chi connectivity index (χ3n) is 4.92. The van der Waals surface area contributed by atoms with Crippen molar-refractivity contribution in [2.45, 2.75) is 57.7 Å². The number of hydrogen-bond acceptors (Lipinski definition) is 4. The summed E-state index contributed by atoms with van der Waals surface area (Å²) in [6, 6.07) is -0.491. The lowest BCUT2D eigenvalue weighted by Gasteiger charge is -2.43. The largest absolute Gasteiger partial charge is 0.353 e. The zero-order valence-corrected chi connectivity index (χ0v) is 14.9. The fraction of sp³-hybridized carbons (Fsp3) is 0.882. The van der Waals surface area contributed by atoms with E-state index in [9.17, 15) is 9.59 Å². The van der Waals surface area contributed by atoms with Gasteiger partial charge in [0.15, 0.2) is 0 Å². The van der Waals surface area contributed by atoms with Gasteiger partial charge in [-0.25, -0.2) is 0 Å². The molecule has 2 rings (SSSR count). The van der Waals surface area contributed by atoms with Gasteiger partial charge in [0.25, 0.3) is 0 Å². The molecular weight excluding hydrogens is 294 g/mol. The van der Waals surface area contributed by atoms with Gasteiger partial charge in [0.2, 0.25) is 11.8 Å². The van der Waals surface area contributed by atoms with Crippen LogP contribution in [0.2, 0.25) is 0 Å². The van der Waals surface area contributed by atoms with E-state index in [1.165, 1.54) is 6.42 Å². The van der Waals surface area contributed by atoms with Gasteiger partial charge in [-0.05, 0) is 39.3 Å². The van der Waals surface area contributed by atoms with Crippen LogP contribution < -0.4 is 5.32 Å². The lowest BCUT2D eigenvalue weighted by Crippen LogP contribution is -2.57. The van der Waals surface area contributed by atoms with E-state index >= 15 is 0 Å². The number of amides is 2. The van der Waals surface area contributed by atoms with E-state index in [0.717, 1.165) is 25.8 Å². The second-order valence-corrected chi connectivity index (χ2v) is 7.19. The molecule has 0 aromatic carbocycles. The Balaban J connectivity index is 2.10. The average molecular weight is 325 g/mol. The number of likely N-dealkylation sites (N-methyl/N-ethyl adjacent to an activating group) is 1. The fourth-order valence-electron chi connectivity index (χ4n) is 3.77. The molecule has 2 aliphatic rings. The van der Waals surface area contributed by atoms with Gasteiger partial charge in [0.05, 0.1) is 6.61 Å². The SMILES string of the molecule is CCC(=O)N1[C@@H](C(=O)NCCN(C)C)CO[C@]12CCC[C@H](C)C2. The van der Waals surface area contributed by atoms with Crippen LogP contribution >= 0.6 is 0 Å². The van der Waals surface area contributed by atoms with Crippen molar-refractivity contribution in [3.05, 3.63) is 0 Å². The van der Waals surface area contributed by atoms with Crippen molar-refractivity contribution in [3.63, 3.8) is 0 Å². The Morgan fingerprint density at radius 1 is 1.39 bits per heavy atom. The summed E-state index contributed by atoms with van der Waals surface area (Å²) in [7, 11) is 3.94. The standard InChI is InChI=1S/C17H31N3O3/c1-5-15(21)20-14(16(22)18-9-10-19(3)4)12-23-17(20)8-6-7-13(2)11-17/h13-14H,5-12H2,1-4H3,(H,18,22)/t13-,14+,17-/m0/s1. The van der Waals surface area contributed by atoms with Gasteiger partial charge in [-0.3, -0.25) is 14.5 Å². The van der Waals surface area contributed by atoms with Crippen LogP contribution in [0.25, 0.3) is 0 Å². The summed E-state index contributed by atoms with van der Waals surface area (Å²) >= 11 is 0. The van der Waals surface area contributed by atoms with Crippen molar-refractivity contribution in [2.24, 2.45) is 5.92 Å². The van der Waals surface area contributed by atoms with Crippen molar-refractivity contribution in [1.82, 2.24) is 15.1 Å². The van der Waals surface area contributed by atoms with E-state index in [0.29, 0.717) is 25.5 Å². The Morgan fingerprint density at radius 3 is 2.74 bits per heavy atom. The third-order valence-corrected chi connectivity index (χ3v) is 4.92. The molecule has 6 nitrogen and oxygen atoms in total. The number of rotatable bonds is 5. The zero-order chi connectivity index (χ0) is 17.0. The highest BCUT2D eigenvalue weighted by atomic mass is 16.5. The lowest BCUT2D eigenvalue weighted by molar-refractivity contribution is -0.162. The van der Waals surface area contributed by atoms with Gasteiger partial charge >= 0.3 is 0 Å². The molecule has 2 amide bonds. The van der Waals surface area contributed by atoms with Gasteiger partial charge in [0, 0.05) is 19.5 Å². The van der Waals surface area contributed by atoms with E-state index in [-0.39, 0.29) is 11.8 Å². The van der Waals surface area contributed by atoms with E-state index in [2.05, 4.69) is 12.2 Å². The van der Waals surface area contributed by atoms with Crippen LogP contribution in [0.15, 0.2) is 0 Å². The Bertz CT molecular complexity index is 441. The van der Waals surface area contributed by atoms with Crippen LogP contribution in [0, 0.1) is 5.92 Å². The molecule has 23 heavy (non-hydrogen) atoms. The predicted octanol–water partition coefficient (Wildman–Crippen LogP) is 1.21. The molecule has 1 spiro atoms. The van der Waals surface area contributed by atoms with Crippen LogP contribution in [-0.4, -0.2) is 67.2 Å². The van der Waals surface area contributed by atoms with Gasteiger partial charge < -0.3 is 15.0 Å². The van der Waals surface area contributed by atoms with E-state index in [4.69, 9.17) is 4.74 Å². The van der Waals surface area contributed by atoms with Crippen LogP contribution in [0.5, 0.6) is 0 Å².